The van der Waals surface area contributed by atoms with Gasteiger partial charge >= 0.3 is 0 Å². The number of carbonyl (C=O) groups excluding carboxylic acids is 1. The van der Waals surface area contributed by atoms with Gasteiger partial charge in [0.25, 0.3) is 5.91 Å². The van der Waals surface area contributed by atoms with Crippen LogP contribution in [0, 0.1) is 6.92 Å². The molecule has 1 aromatic rings. The van der Waals surface area contributed by atoms with E-state index >= 15 is 0 Å². The number of hydrogen-bond acceptors (Lipinski definition) is 4. The Bertz CT molecular complexity index is 436. The van der Waals surface area contributed by atoms with Crippen LogP contribution in [0.2, 0.25) is 0 Å². The highest BCUT2D eigenvalue weighted by atomic mass is 16.3. The molecule has 1 aliphatic heterocycles. The number of β-amino-alcohol motifs (C(OH)–C–C–N with tert-alkyl or cyclic N) is 1. The van der Waals surface area contributed by atoms with Gasteiger partial charge in [-0.3, -0.25) is 9.78 Å². The number of nitrogens with one attached hydrogen (secondary N) is 1. The molecule has 0 spiro atoms. The van der Waals surface area contributed by atoms with Crippen LogP contribution in [0.15, 0.2) is 18.3 Å². The highest BCUT2D eigenvalue weighted by molar-refractivity contribution is 5.93. The van der Waals surface area contributed by atoms with Gasteiger partial charge in [-0.2, -0.15) is 0 Å². The molecule has 2 heterocycles. The van der Waals surface area contributed by atoms with E-state index in [1.54, 1.807) is 12.3 Å². The van der Waals surface area contributed by atoms with Crippen molar-refractivity contribution in [2.24, 2.45) is 0 Å². The molecule has 1 aromatic heterocycles. The van der Waals surface area contributed by atoms with Crippen molar-refractivity contribution >= 4 is 5.91 Å². The van der Waals surface area contributed by atoms with E-state index in [4.69, 9.17) is 0 Å². The summed E-state index contributed by atoms with van der Waals surface area (Å²) in [6, 6.07) is 3.47. The highest BCUT2D eigenvalue weighted by Gasteiger charge is 2.27. The number of likely N-dealkylation sites (tertiary alicyclic amines) is 1. The maximum absolute atomic E-state index is 12.1. The molecule has 2 atom stereocenters. The summed E-state index contributed by atoms with van der Waals surface area (Å²) in [6.45, 7) is 3.32. The summed E-state index contributed by atoms with van der Waals surface area (Å²) in [5, 5.41) is 12.8. The topological polar surface area (TPSA) is 65.5 Å². The average Bonchev–Trinajstić information content (AvgIpc) is 2.33. The highest BCUT2D eigenvalue weighted by Crippen LogP contribution is 2.11. The SMILES string of the molecule is Cc1cccnc1C(=O)NC1CCN(C)CC1O. The lowest BCUT2D eigenvalue weighted by Crippen LogP contribution is -2.53. The van der Waals surface area contributed by atoms with Crippen molar-refractivity contribution in [3.8, 4) is 0 Å². The van der Waals surface area contributed by atoms with E-state index in [9.17, 15) is 9.90 Å². The van der Waals surface area contributed by atoms with E-state index in [-0.39, 0.29) is 11.9 Å². The molecule has 1 fully saturated rings. The predicted octanol–water partition coefficient (Wildman–Crippen LogP) is 0.185. The number of piperidine rings is 1. The summed E-state index contributed by atoms with van der Waals surface area (Å²) in [5.74, 6) is -0.207. The summed E-state index contributed by atoms with van der Waals surface area (Å²) in [5.41, 5.74) is 1.28. The zero-order chi connectivity index (χ0) is 13.1. The first-order valence-electron chi connectivity index (χ1n) is 6.17. The molecule has 0 radical (unpaired) electrons. The summed E-state index contributed by atoms with van der Waals surface area (Å²) in [7, 11) is 1.96. The van der Waals surface area contributed by atoms with E-state index < -0.39 is 6.10 Å². The third-order valence-corrected chi connectivity index (χ3v) is 3.33. The van der Waals surface area contributed by atoms with Gasteiger partial charge in [0.15, 0.2) is 0 Å². The molecule has 5 nitrogen and oxygen atoms in total. The van der Waals surface area contributed by atoms with Crippen molar-refractivity contribution in [2.45, 2.75) is 25.5 Å². The van der Waals surface area contributed by atoms with Crippen molar-refractivity contribution in [1.29, 1.82) is 0 Å². The maximum atomic E-state index is 12.1. The number of hydrogen-bond donors (Lipinski definition) is 2. The predicted molar refractivity (Wildman–Crippen MR) is 68.3 cm³/mol. The Morgan fingerprint density at radius 2 is 2.39 bits per heavy atom. The largest absolute Gasteiger partial charge is 0.390 e. The zero-order valence-corrected chi connectivity index (χ0v) is 10.8. The molecule has 5 heteroatoms. The Hall–Kier alpha value is -1.46. The van der Waals surface area contributed by atoms with Gasteiger partial charge in [-0.15, -0.1) is 0 Å². The number of aromatic nitrogens is 1. The number of aliphatic hydroxyl groups excluding tert-OH is 1. The van der Waals surface area contributed by atoms with Crippen molar-refractivity contribution in [3.05, 3.63) is 29.6 Å². The summed E-state index contributed by atoms with van der Waals surface area (Å²) >= 11 is 0. The average molecular weight is 249 g/mol. The second-order valence-corrected chi connectivity index (χ2v) is 4.87. The normalized spacial score (nSPS) is 24.8. The van der Waals surface area contributed by atoms with Gasteiger partial charge in [-0.1, -0.05) is 6.07 Å². The molecule has 1 aliphatic rings. The molecule has 2 N–H and O–H groups in total. The number of aryl methyl sites for hydroxylation is 1. The van der Waals surface area contributed by atoms with Crippen molar-refractivity contribution in [2.75, 3.05) is 20.1 Å². The number of aliphatic hydroxyl groups is 1. The first-order chi connectivity index (χ1) is 8.58. The molecule has 0 aliphatic carbocycles. The van der Waals surface area contributed by atoms with Crippen molar-refractivity contribution in [1.82, 2.24) is 15.2 Å². The molecule has 98 valence electrons. The van der Waals surface area contributed by atoms with Gasteiger partial charge in [0, 0.05) is 12.7 Å². The second kappa shape index (κ2) is 5.46. The third kappa shape index (κ3) is 2.86. The number of nitrogens with zero attached hydrogens (tertiary/aromatic N) is 2. The quantitative estimate of drug-likeness (QED) is 0.785. The summed E-state index contributed by atoms with van der Waals surface area (Å²) in [6.07, 6.45) is 1.85. The van der Waals surface area contributed by atoms with E-state index in [1.165, 1.54) is 0 Å². The van der Waals surface area contributed by atoms with Gasteiger partial charge < -0.3 is 15.3 Å². The standard InChI is InChI=1S/C13H19N3O2/c1-9-4-3-6-14-12(9)13(18)15-10-5-7-16(2)8-11(10)17/h3-4,6,10-11,17H,5,7-8H2,1-2H3,(H,15,18). The third-order valence-electron chi connectivity index (χ3n) is 3.33. The zero-order valence-electron chi connectivity index (χ0n) is 10.8. The van der Waals surface area contributed by atoms with E-state index in [0.29, 0.717) is 12.2 Å². The Balaban J connectivity index is 2.02. The fourth-order valence-electron chi connectivity index (χ4n) is 2.22. The minimum Gasteiger partial charge on any atom is -0.390 e. The fourth-order valence-corrected chi connectivity index (χ4v) is 2.22. The molecule has 18 heavy (non-hydrogen) atoms. The Labute approximate surface area is 107 Å². The lowest BCUT2D eigenvalue weighted by atomic mass is 10.0. The van der Waals surface area contributed by atoms with E-state index in [1.807, 2.05) is 20.0 Å². The molecule has 0 saturated carbocycles. The Morgan fingerprint density at radius 1 is 1.61 bits per heavy atom. The number of amides is 1. The molecule has 2 rings (SSSR count). The summed E-state index contributed by atoms with van der Waals surface area (Å²) in [4.78, 5) is 18.2. The van der Waals surface area contributed by atoms with Crippen molar-refractivity contribution in [3.63, 3.8) is 0 Å². The first kappa shape index (κ1) is 13.0. The minimum absolute atomic E-state index is 0.185. The van der Waals surface area contributed by atoms with Crippen LogP contribution in [0.5, 0.6) is 0 Å². The first-order valence-corrected chi connectivity index (χ1v) is 6.17. The van der Waals surface area contributed by atoms with Gasteiger partial charge in [-0.05, 0) is 38.6 Å². The molecule has 0 aromatic carbocycles. The van der Waals surface area contributed by atoms with Crippen LogP contribution in [0.4, 0.5) is 0 Å². The second-order valence-electron chi connectivity index (χ2n) is 4.87. The Morgan fingerprint density at radius 3 is 3.06 bits per heavy atom. The van der Waals surface area contributed by atoms with E-state index in [2.05, 4.69) is 15.2 Å². The van der Waals surface area contributed by atoms with Crippen LogP contribution >= 0.6 is 0 Å². The lowest BCUT2D eigenvalue weighted by molar-refractivity contribution is 0.0471. The summed E-state index contributed by atoms with van der Waals surface area (Å²) < 4.78 is 0. The van der Waals surface area contributed by atoms with Crippen LogP contribution < -0.4 is 5.32 Å². The van der Waals surface area contributed by atoms with Crippen LogP contribution in [-0.4, -0.2) is 53.2 Å². The number of likely N-dealkylation sites (N-methyl/N-ethyl adjacent to an activating group) is 1. The molecule has 1 saturated heterocycles. The lowest BCUT2D eigenvalue weighted by Gasteiger charge is -2.34. The number of rotatable bonds is 2. The van der Waals surface area contributed by atoms with Crippen LogP contribution in [0.1, 0.15) is 22.5 Å². The van der Waals surface area contributed by atoms with Gasteiger partial charge in [0.1, 0.15) is 5.69 Å². The van der Waals surface area contributed by atoms with Gasteiger partial charge in [-0.25, -0.2) is 0 Å². The van der Waals surface area contributed by atoms with E-state index in [0.717, 1.165) is 18.5 Å². The Kier molecular flexibility index (Phi) is 3.93. The smallest absolute Gasteiger partial charge is 0.270 e. The maximum Gasteiger partial charge on any atom is 0.270 e. The number of pyridine rings is 1. The van der Waals surface area contributed by atoms with Gasteiger partial charge in [0.2, 0.25) is 0 Å². The fraction of sp³-hybridized carbons (Fsp3) is 0.538. The van der Waals surface area contributed by atoms with Crippen molar-refractivity contribution < 1.29 is 9.90 Å². The van der Waals surface area contributed by atoms with Crippen LogP contribution in [-0.2, 0) is 0 Å². The van der Waals surface area contributed by atoms with Gasteiger partial charge in [0.05, 0.1) is 12.1 Å². The monoisotopic (exact) mass is 249 g/mol. The molecular weight excluding hydrogens is 230 g/mol. The molecular formula is C13H19N3O2. The molecule has 2 unspecified atom stereocenters. The minimum atomic E-state index is -0.517. The van der Waals surface area contributed by atoms with Crippen LogP contribution in [0.3, 0.4) is 0 Å². The van der Waals surface area contributed by atoms with Crippen LogP contribution in [0.25, 0.3) is 0 Å². The molecule has 0 bridgehead atoms. The molecule has 1 amide bonds. The number of carbonyl (C=O) groups is 1.